The predicted molar refractivity (Wildman–Crippen MR) is 80.7 cm³/mol. The Morgan fingerprint density at radius 1 is 1.19 bits per heavy atom. The van der Waals surface area contributed by atoms with Crippen LogP contribution in [0.2, 0.25) is 0 Å². The molecule has 0 atom stereocenters. The van der Waals surface area contributed by atoms with Crippen molar-refractivity contribution in [1.29, 1.82) is 0 Å². The highest BCUT2D eigenvalue weighted by molar-refractivity contribution is 5.88. The zero-order chi connectivity index (χ0) is 14.8. The molecule has 3 rings (SSSR count). The quantitative estimate of drug-likeness (QED) is 0.799. The maximum absolute atomic E-state index is 11.5. The summed E-state index contributed by atoms with van der Waals surface area (Å²) in [4.78, 5) is 16.0. The van der Waals surface area contributed by atoms with Gasteiger partial charge in [0, 0.05) is 6.20 Å². The first-order valence-corrected chi connectivity index (χ1v) is 6.90. The van der Waals surface area contributed by atoms with E-state index in [2.05, 4.69) is 4.98 Å². The number of aromatic carboxylic acids is 1. The zero-order valence-electron chi connectivity index (χ0n) is 11.8. The molecule has 0 spiro atoms. The number of aryl methyl sites for hydroxylation is 3. The van der Waals surface area contributed by atoms with Crippen molar-refractivity contribution >= 4 is 11.6 Å². The number of hydrogen-bond acceptors (Lipinski definition) is 2. The fourth-order valence-corrected chi connectivity index (χ4v) is 2.50. The smallest absolute Gasteiger partial charge is 0.354 e. The predicted octanol–water partition coefficient (Wildman–Crippen LogP) is 3.13. The van der Waals surface area contributed by atoms with Crippen LogP contribution in [0.25, 0.3) is 5.65 Å². The van der Waals surface area contributed by atoms with E-state index in [1.807, 2.05) is 49.4 Å². The molecule has 0 bridgehead atoms. The van der Waals surface area contributed by atoms with Crippen LogP contribution in [-0.4, -0.2) is 20.5 Å². The van der Waals surface area contributed by atoms with Gasteiger partial charge in [-0.25, -0.2) is 9.78 Å². The summed E-state index contributed by atoms with van der Waals surface area (Å²) in [5.74, 6) is -0.936. The lowest BCUT2D eigenvalue weighted by atomic mass is 10.1. The molecule has 4 heteroatoms. The molecule has 3 aromatic rings. The largest absolute Gasteiger partial charge is 0.477 e. The lowest BCUT2D eigenvalue weighted by Gasteiger charge is -2.01. The Labute approximate surface area is 122 Å². The standard InChI is InChI=1S/C17H16N2O2/c1-12-9-10-19-15(11-12)18-14(16(19)17(20)21)8-7-13-5-3-2-4-6-13/h2-6,9-11H,7-8H2,1H3,(H,20,21). The topological polar surface area (TPSA) is 54.6 Å². The van der Waals surface area contributed by atoms with E-state index in [9.17, 15) is 9.90 Å². The molecule has 0 aliphatic rings. The molecule has 2 heterocycles. The van der Waals surface area contributed by atoms with Gasteiger partial charge in [0.25, 0.3) is 0 Å². The molecule has 2 aromatic heterocycles. The second-order valence-electron chi connectivity index (χ2n) is 5.13. The number of hydrogen-bond donors (Lipinski definition) is 1. The molecule has 0 saturated carbocycles. The number of benzene rings is 1. The van der Waals surface area contributed by atoms with Crippen molar-refractivity contribution in [3.8, 4) is 0 Å². The minimum absolute atomic E-state index is 0.265. The highest BCUT2D eigenvalue weighted by Gasteiger charge is 2.18. The Kier molecular flexibility index (Phi) is 3.44. The van der Waals surface area contributed by atoms with Gasteiger partial charge in [-0.3, -0.25) is 4.40 Å². The monoisotopic (exact) mass is 280 g/mol. The van der Waals surface area contributed by atoms with Crippen molar-refractivity contribution in [3.63, 3.8) is 0 Å². The van der Waals surface area contributed by atoms with Gasteiger partial charge in [0.2, 0.25) is 0 Å². The number of pyridine rings is 1. The fraction of sp³-hybridized carbons (Fsp3) is 0.176. The van der Waals surface area contributed by atoms with Gasteiger partial charge in [0.1, 0.15) is 5.65 Å². The molecular weight excluding hydrogens is 264 g/mol. The van der Waals surface area contributed by atoms with Gasteiger partial charge in [0.15, 0.2) is 5.69 Å². The van der Waals surface area contributed by atoms with Crippen LogP contribution in [0.15, 0.2) is 48.7 Å². The van der Waals surface area contributed by atoms with E-state index in [0.29, 0.717) is 17.8 Å². The SMILES string of the molecule is Cc1ccn2c(C(=O)O)c(CCc3ccccc3)nc2c1. The Morgan fingerprint density at radius 2 is 1.95 bits per heavy atom. The molecule has 1 N–H and O–H groups in total. The Balaban J connectivity index is 1.97. The number of carboxylic acid groups (broad SMARTS) is 1. The molecule has 1 aromatic carbocycles. The summed E-state index contributed by atoms with van der Waals surface area (Å²) in [6.45, 7) is 1.97. The van der Waals surface area contributed by atoms with Crippen molar-refractivity contribution in [2.45, 2.75) is 19.8 Å². The third kappa shape index (κ3) is 2.65. The number of rotatable bonds is 4. The highest BCUT2D eigenvalue weighted by Crippen LogP contribution is 2.16. The van der Waals surface area contributed by atoms with Crippen LogP contribution >= 0.6 is 0 Å². The van der Waals surface area contributed by atoms with Crippen LogP contribution in [0.4, 0.5) is 0 Å². The van der Waals surface area contributed by atoms with Gasteiger partial charge in [-0.05, 0) is 43.0 Å². The Hall–Kier alpha value is -2.62. The number of fused-ring (bicyclic) bond motifs is 1. The second kappa shape index (κ2) is 5.40. The summed E-state index contributed by atoms with van der Waals surface area (Å²) < 4.78 is 1.65. The van der Waals surface area contributed by atoms with Crippen molar-refractivity contribution in [2.75, 3.05) is 0 Å². The first kappa shape index (κ1) is 13.4. The molecule has 0 unspecified atom stereocenters. The summed E-state index contributed by atoms with van der Waals surface area (Å²) in [5, 5.41) is 9.46. The van der Waals surface area contributed by atoms with Gasteiger partial charge < -0.3 is 5.11 Å². The second-order valence-corrected chi connectivity index (χ2v) is 5.13. The molecule has 21 heavy (non-hydrogen) atoms. The molecular formula is C17H16N2O2. The summed E-state index contributed by atoms with van der Waals surface area (Å²) in [6.07, 6.45) is 3.17. The summed E-state index contributed by atoms with van der Waals surface area (Å²) >= 11 is 0. The average molecular weight is 280 g/mol. The van der Waals surface area contributed by atoms with Crippen molar-refractivity contribution in [3.05, 3.63) is 71.2 Å². The maximum atomic E-state index is 11.5. The van der Waals surface area contributed by atoms with Gasteiger partial charge in [-0.2, -0.15) is 0 Å². The lowest BCUT2D eigenvalue weighted by molar-refractivity contribution is 0.0688. The molecule has 106 valence electrons. The van der Waals surface area contributed by atoms with Crippen LogP contribution in [-0.2, 0) is 12.8 Å². The van der Waals surface area contributed by atoms with Crippen molar-refractivity contribution in [2.24, 2.45) is 0 Å². The third-order valence-electron chi connectivity index (χ3n) is 3.55. The van der Waals surface area contributed by atoms with Crippen molar-refractivity contribution < 1.29 is 9.90 Å². The highest BCUT2D eigenvalue weighted by atomic mass is 16.4. The minimum atomic E-state index is -0.936. The molecule has 4 nitrogen and oxygen atoms in total. The average Bonchev–Trinajstić information content (AvgIpc) is 2.83. The van der Waals surface area contributed by atoms with Crippen molar-refractivity contribution in [1.82, 2.24) is 9.38 Å². The van der Waals surface area contributed by atoms with Crippen LogP contribution in [0.1, 0.15) is 27.3 Å². The molecule has 0 aliphatic carbocycles. The van der Waals surface area contributed by atoms with Gasteiger partial charge in [-0.1, -0.05) is 30.3 Å². The molecule has 0 saturated heterocycles. The van der Waals surface area contributed by atoms with Crippen LogP contribution in [0.3, 0.4) is 0 Å². The third-order valence-corrected chi connectivity index (χ3v) is 3.55. The summed E-state index contributed by atoms with van der Waals surface area (Å²) in [7, 11) is 0. The normalized spacial score (nSPS) is 10.9. The van der Waals surface area contributed by atoms with Crippen LogP contribution in [0, 0.1) is 6.92 Å². The van der Waals surface area contributed by atoms with Crippen LogP contribution in [0.5, 0.6) is 0 Å². The molecule has 0 aliphatic heterocycles. The summed E-state index contributed by atoms with van der Waals surface area (Å²) in [6, 6.07) is 13.8. The van der Waals surface area contributed by atoms with E-state index in [4.69, 9.17) is 0 Å². The summed E-state index contributed by atoms with van der Waals surface area (Å²) in [5.41, 5.74) is 3.84. The zero-order valence-corrected chi connectivity index (χ0v) is 11.8. The number of nitrogens with zero attached hydrogens (tertiary/aromatic N) is 2. The van der Waals surface area contributed by atoms with E-state index >= 15 is 0 Å². The van der Waals surface area contributed by atoms with Crippen LogP contribution < -0.4 is 0 Å². The molecule has 0 fully saturated rings. The van der Waals surface area contributed by atoms with Gasteiger partial charge in [0.05, 0.1) is 5.69 Å². The minimum Gasteiger partial charge on any atom is -0.477 e. The van der Waals surface area contributed by atoms with E-state index < -0.39 is 5.97 Å². The molecule has 0 amide bonds. The first-order valence-electron chi connectivity index (χ1n) is 6.90. The number of carbonyl (C=O) groups is 1. The van der Waals surface area contributed by atoms with Gasteiger partial charge in [-0.15, -0.1) is 0 Å². The molecule has 0 radical (unpaired) electrons. The fourth-order valence-electron chi connectivity index (χ4n) is 2.50. The first-order chi connectivity index (χ1) is 10.1. The lowest BCUT2D eigenvalue weighted by Crippen LogP contribution is -2.06. The number of aromatic nitrogens is 2. The maximum Gasteiger partial charge on any atom is 0.354 e. The van der Waals surface area contributed by atoms with E-state index in [-0.39, 0.29) is 5.69 Å². The number of imidazole rings is 1. The Morgan fingerprint density at radius 3 is 2.67 bits per heavy atom. The Bertz CT molecular complexity index is 791. The van der Waals surface area contributed by atoms with E-state index in [1.165, 1.54) is 5.56 Å². The van der Waals surface area contributed by atoms with E-state index in [0.717, 1.165) is 12.0 Å². The number of carboxylic acids is 1. The van der Waals surface area contributed by atoms with Gasteiger partial charge >= 0.3 is 5.97 Å². The van der Waals surface area contributed by atoms with E-state index in [1.54, 1.807) is 10.6 Å².